The van der Waals surface area contributed by atoms with Crippen LogP contribution in [0.3, 0.4) is 0 Å². The third-order valence-corrected chi connectivity index (χ3v) is 4.42. The van der Waals surface area contributed by atoms with Gasteiger partial charge in [-0.2, -0.15) is 12.7 Å². The molecule has 0 aromatic heterocycles. The predicted molar refractivity (Wildman–Crippen MR) is 72.9 cm³/mol. The van der Waals surface area contributed by atoms with Crippen LogP contribution in [0.4, 0.5) is 14.5 Å². The first kappa shape index (κ1) is 16.3. The maximum Gasteiger partial charge on any atom is 0.301 e. The van der Waals surface area contributed by atoms with E-state index in [-0.39, 0.29) is 16.7 Å². The molecular formula is C10H14BrF2N3O2S. The number of nitrogens with two attached hydrogens (primary N) is 1. The summed E-state index contributed by atoms with van der Waals surface area (Å²) in [6.07, 6.45) is 0.477. The molecule has 108 valence electrons. The first-order chi connectivity index (χ1) is 8.77. The molecule has 1 aromatic carbocycles. The van der Waals surface area contributed by atoms with E-state index in [2.05, 4.69) is 20.7 Å². The van der Waals surface area contributed by atoms with E-state index in [0.717, 1.165) is 10.4 Å². The third kappa shape index (κ3) is 4.37. The zero-order valence-electron chi connectivity index (χ0n) is 10.2. The predicted octanol–water partition coefficient (Wildman–Crippen LogP) is 1.66. The van der Waals surface area contributed by atoms with Crippen molar-refractivity contribution in [3.8, 4) is 0 Å². The second kappa shape index (κ2) is 6.60. The minimum atomic E-state index is -3.91. The fourth-order valence-corrected chi connectivity index (χ4v) is 2.91. The SMILES string of the molecule is CN(CCCN)S(=O)(=O)Nc1c(F)cc(F)cc1Br. The van der Waals surface area contributed by atoms with Crippen molar-refractivity contribution in [1.29, 1.82) is 0 Å². The molecular weight excluding hydrogens is 344 g/mol. The average Bonchev–Trinajstić information content (AvgIpc) is 2.30. The van der Waals surface area contributed by atoms with Crippen LogP contribution in [0, 0.1) is 11.6 Å². The number of rotatable bonds is 6. The average molecular weight is 358 g/mol. The third-order valence-electron chi connectivity index (χ3n) is 2.33. The summed E-state index contributed by atoms with van der Waals surface area (Å²) in [5.41, 5.74) is 4.95. The summed E-state index contributed by atoms with van der Waals surface area (Å²) in [5, 5.41) is 0. The molecule has 19 heavy (non-hydrogen) atoms. The Labute approximate surface area is 119 Å². The van der Waals surface area contributed by atoms with E-state index < -0.39 is 21.8 Å². The van der Waals surface area contributed by atoms with Gasteiger partial charge < -0.3 is 5.73 Å². The molecule has 0 fully saturated rings. The molecule has 0 saturated heterocycles. The summed E-state index contributed by atoms with van der Waals surface area (Å²) in [6.45, 7) is 0.542. The number of benzene rings is 1. The van der Waals surface area contributed by atoms with E-state index >= 15 is 0 Å². The van der Waals surface area contributed by atoms with Crippen LogP contribution >= 0.6 is 15.9 Å². The Balaban J connectivity index is 2.96. The monoisotopic (exact) mass is 357 g/mol. The van der Waals surface area contributed by atoms with E-state index in [4.69, 9.17) is 5.73 Å². The Hall–Kier alpha value is -0.770. The zero-order valence-corrected chi connectivity index (χ0v) is 12.6. The molecule has 0 spiro atoms. The van der Waals surface area contributed by atoms with Crippen LogP contribution in [0.1, 0.15) is 6.42 Å². The lowest BCUT2D eigenvalue weighted by Crippen LogP contribution is -2.34. The highest BCUT2D eigenvalue weighted by Crippen LogP contribution is 2.28. The maximum atomic E-state index is 13.5. The number of nitrogens with one attached hydrogen (secondary N) is 1. The highest BCUT2D eigenvalue weighted by Gasteiger charge is 2.21. The second-order valence-electron chi connectivity index (χ2n) is 3.82. The molecule has 0 atom stereocenters. The topological polar surface area (TPSA) is 75.4 Å². The first-order valence-electron chi connectivity index (χ1n) is 5.36. The fraction of sp³-hybridized carbons (Fsp3) is 0.400. The summed E-state index contributed by atoms with van der Waals surface area (Å²) in [4.78, 5) is 0. The van der Waals surface area contributed by atoms with Gasteiger partial charge in [-0.05, 0) is 35.0 Å². The van der Waals surface area contributed by atoms with Crippen LogP contribution in [-0.4, -0.2) is 32.9 Å². The van der Waals surface area contributed by atoms with Crippen LogP contribution in [0.15, 0.2) is 16.6 Å². The summed E-state index contributed by atoms with van der Waals surface area (Å²) >= 11 is 2.91. The van der Waals surface area contributed by atoms with Crippen LogP contribution in [-0.2, 0) is 10.2 Å². The van der Waals surface area contributed by atoms with Gasteiger partial charge in [0, 0.05) is 24.1 Å². The van der Waals surface area contributed by atoms with E-state index in [0.29, 0.717) is 19.0 Å². The van der Waals surface area contributed by atoms with Crippen molar-refractivity contribution in [2.24, 2.45) is 5.73 Å². The Kier molecular flexibility index (Phi) is 5.65. The maximum absolute atomic E-state index is 13.5. The molecule has 3 N–H and O–H groups in total. The summed E-state index contributed by atoms with van der Waals surface area (Å²) in [6, 6.07) is 1.57. The van der Waals surface area contributed by atoms with Crippen molar-refractivity contribution in [3.05, 3.63) is 28.2 Å². The van der Waals surface area contributed by atoms with Crippen LogP contribution < -0.4 is 10.5 Å². The minimum absolute atomic E-state index is 0.0131. The number of hydrogen-bond donors (Lipinski definition) is 2. The van der Waals surface area contributed by atoms with Crippen molar-refractivity contribution in [1.82, 2.24) is 4.31 Å². The molecule has 0 aliphatic carbocycles. The van der Waals surface area contributed by atoms with Gasteiger partial charge in [0.05, 0.1) is 5.69 Å². The molecule has 0 amide bonds. The quantitative estimate of drug-likeness (QED) is 0.812. The molecule has 0 radical (unpaired) electrons. The Morgan fingerprint density at radius 1 is 1.42 bits per heavy atom. The molecule has 1 aromatic rings. The summed E-state index contributed by atoms with van der Waals surface area (Å²) < 4.78 is 53.2. The van der Waals surface area contributed by atoms with Gasteiger partial charge in [0.15, 0.2) is 5.82 Å². The van der Waals surface area contributed by atoms with E-state index in [1.165, 1.54) is 7.05 Å². The molecule has 0 bridgehead atoms. The number of hydrogen-bond acceptors (Lipinski definition) is 3. The Morgan fingerprint density at radius 2 is 2.05 bits per heavy atom. The molecule has 0 aliphatic rings. The Morgan fingerprint density at radius 3 is 2.58 bits per heavy atom. The largest absolute Gasteiger partial charge is 0.330 e. The molecule has 9 heteroatoms. The van der Waals surface area contributed by atoms with Crippen molar-refractivity contribution in [2.75, 3.05) is 24.9 Å². The number of anilines is 1. The van der Waals surface area contributed by atoms with Gasteiger partial charge in [-0.15, -0.1) is 0 Å². The van der Waals surface area contributed by atoms with Gasteiger partial charge in [0.2, 0.25) is 0 Å². The molecule has 5 nitrogen and oxygen atoms in total. The highest BCUT2D eigenvalue weighted by atomic mass is 79.9. The van der Waals surface area contributed by atoms with Crippen molar-refractivity contribution >= 4 is 31.8 Å². The van der Waals surface area contributed by atoms with Crippen molar-refractivity contribution in [2.45, 2.75) is 6.42 Å². The van der Waals surface area contributed by atoms with E-state index in [1.807, 2.05) is 0 Å². The van der Waals surface area contributed by atoms with Crippen molar-refractivity contribution in [3.63, 3.8) is 0 Å². The van der Waals surface area contributed by atoms with Crippen LogP contribution in [0.5, 0.6) is 0 Å². The van der Waals surface area contributed by atoms with Gasteiger partial charge in [-0.3, -0.25) is 4.72 Å². The lowest BCUT2D eigenvalue weighted by Gasteiger charge is -2.18. The van der Waals surface area contributed by atoms with Gasteiger partial charge in [0.25, 0.3) is 0 Å². The van der Waals surface area contributed by atoms with Gasteiger partial charge in [-0.25, -0.2) is 8.78 Å². The van der Waals surface area contributed by atoms with Crippen LogP contribution in [0.2, 0.25) is 0 Å². The molecule has 1 rings (SSSR count). The number of nitrogens with zero attached hydrogens (tertiary/aromatic N) is 1. The lowest BCUT2D eigenvalue weighted by atomic mass is 10.3. The molecule has 0 heterocycles. The second-order valence-corrected chi connectivity index (χ2v) is 6.45. The van der Waals surface area contributed by atoms with E-state index in [9.17, 15) is 17.2 Å². The van der Waals surface area contributed by atoms with Crippen molar-refractivity contribution < 1.29 is 17.2 Å². The zero-order chi connectivity index (χ0) is 14.6. The minimum Gasteiger partial charge on any atom is -0.330 e. The standard InChI is InChI=1S/C10H14BrF2N3O2S/c1-16(4-2-3-14)19(17,18)15-10-8(11)5-7(12)6-9(10)13/h5-6,15H,2-4,14H2,1H3. The molecule has 0 aliphatic heterocycles. The van der Waals surface area contributed by atoms with E-state index in [1.54, 1.807) is 0 Å². The lowest BCUT2D eigenvalue weighted by molar-refractivity contribution is 0.467. The van der Waals surface area contributed by atoms with Gasteiger partial charge in [0.1, 0.15) is 5.82 Å². The normalized spacial score (nSPS) is 11.9. The highest BCUT2D eigenvalue weighted by molar-refractivity contribution is 9.10. The summed E-state index contributed by atoms with van der Waals surface area (Å²) in [7, 11) is -2.57. The molecule has 0 saturated carbocycles. The molecule has 0 unspecified atom stereocenters. The summed E-state index contributed by atoms with van der Waals surface area (Å²) in [5.74, 6) is -1.80. The first-order valence-corrected chi connectivity index (χ1v) is 7.60. The van der Waals surface area contributed by atoms with Gasteiger partial charge >= 0.3 is 10.2 Å². The smallest absolute Gasteiger partial charge is 0.301 e. The fourth-order valence-electron chi connectivity index (χ4n) is 1.28. The number of halogens is 3. The Bertz CT molecular complexity index is 531. The van der Waals surface area contributed by atoms with Gasteiger partial charge in [-0.1, -0.05) is 0 Å². The van der Waals surface area contributed by atoms with Crippen LogP contribution in [0.25, 0.3) is 0 Å².